The standard InChI is InChI=1S/C18H19N5O2S/c1-18(2,8-4-3-5-10-6-7-12(26-10)14(19)24)13-9-11-15(21-13)22-17(20)23-16(11)25/h6-7,9H,4,8H2,1-2H3,(H2,19,24)(H4,20,21,22,23,25). The lowest BCUT2D eigenvalue weighted by Gasteiger charge is -2.22. The Morgan fingerprint density at radius 1 is 1.35 bits per heavy atom. The van der Waals surface area contributed by atoms with Crippen molar-refractivity contribution in [3.8, 4) is 11.8 Å². The van der Waals surface area contributed by atoms with E-state index in [1.807, 2.05) is 6.07 Å². The van der Waals surface area contributed by atoms with Gasteiger partial charge in [0, 0.05) is 17.5 Å². The second-order valence-electron chi connectivity index (χ2n) is 6.61. The molecule has 0 spiro atoms. The molecular weight excluding hydrogens is 350 g/mol. The summed E-state index contributed by atoms with van der Waals surface area (Å²) in [5, 5.41) is 0.492. The average Bonchev–Trinajstić information content (AvgIpc) is 3.18. The first kappa shape index (κ1) is 17.8. The van der Waals surface area contributed by atoms with E-state index in [-0.39, 0.29) is 16.9 Å². The van der Waals surface area contributed by atoms with Crippen molar-refractivity contribution in [1.29, 1.82) is 0 Å². The summed E-state index contributed by atoms with van der Waals surface area (Å²) in [4.78, 5) is 34.2. The molecule has 3 rings (SSSR count). The number of rotatable bonds is 4. The van der Waals surface area contributed by atoms with Crippen LogP contribution >= 0.6 is 11.3 Å². The molecule has 7 nitrogen and oxygen atoms in total. The van der Waals surface area contributed by atoms with Crippen molar-refractivity contribution in [3.63, 3.8) is 0 Å². The van der Waals surface area contributed by atoms with E-state index < -0.39 is 5.91 Å². The molecule has 0 unspecified atom stereocenters. The van der Waals surface area contributed by atoms with E-state index in [1.165, 1.54) is 11.3 Å². The fraction of sp³-hybridized carbons (Fsp3) is 0.278. The largest absolute Gasteiger partial charge is 0.369 e. The number of anilines is 1. The Balaban J connectivity index is 1.73. The number of amides is 1. The summed E-state index contributed by atoms with van der Waals surface area (Å²) in [6.07, 6.45) is 1.45. The van der Waals surface area contributed by atoms with Crippen LogP contribution in [0.15, 0.2) is 23.0 Å². The van der Waals surface area contributed by atoms with Gasteiger partial charge >= 0.3 is 0 Å². The van der Waals surface area contributed by atoms with E-state index >= 15 is 0 Å². The van der Waals surface area contributed by atoms with Gasteiger partial charge in [-0.15, -0.1) is 11.3 Å². The van der Waals surface area contributed by atoms with Gasteiger partial charge in [-0.2, -0.15) is 4.98 Å². The maximum atomic E-state index is 12.0. The molecule has 3 heterocycles. The number of primary amides is 1. The SMILES string of the molecule is CC(C)(CCC#Cc1ccc(C(N)=O)s1)c1cc2c(=O)[nH]c(N)nc2[nH]1. The van der Waals surface area contributed by atoms with E-state index in [2.05, 4.69) is 40.6 Å². The van der Waals surface area contributed by atoms with E-state index in [1.54, 1.807) is 12.1 Å². The van der Waals surface area contributed by atoms with Gasteiger partial charge in [-0.05, 0) is 24.6 Å². The molecule has 1 amide bonds. The molecule has 0 fully saturated rings. The van der Waals surface area contributed by atoms with E-state index in [0.29, 0.717) is 22.3 Å². The minimum atomic E-state index is -0.438. The number of hydrogen-bond acceptors (Lipinski definition) is 5. The van der Waals surface area contributed by atoms with Gasteiger partial charge in [0.15, 0.2) is 0 Å². The molecule has 8 heteroatoms. The van der Waals surface area contributed by atoms with Gasteiger partial charge in [-0.25, -0.2) is 0 Å². The fourth-order valence-corrected chi connectivity index (χ4v) is 3.33. The number of fused-ring (bicyclic) bond motifs is 1. The summed E-state index contributed by atoms with van der Waals surface area (Å²) >= 11 is 1.29. The predicted molar refractivity (Wildman–Crippen MR) is 103 cm³/mol. The number of nitrogens with one attached hydrogen (secondary N) is 2. The van der Waals surface area contributed by atoms with Gasteiger partial charge in [0.25, 0.3) is 11.5 Å². The molecule has 0 aromatic carbocycles. The van der Waals surface area contributed by atoms with Crippen LogP contribution in [0.5, 0.6) is 0 Å². The maximum Gasteiger partial charge on any atom is 0.261 e. The normalized spacial score (nSPS) is 11.3. The summed E-state index contributed by atoms with van der Waals surface area (Å²) in [5.74, 6) is 5.83. The number of aromatic amines is 2. The van der Waals surface area contributed by atoms with Gasteiger partial charge in [-0.3, -0.25) is 14.6 Å². The molecule has 0 aliphatic heterocycles. The lowest BCUT2D eigenvalue weighted by atomic mass is 9.84. The third-order valence-electron chi connectivity index (χ3n) is 4.18. The summed E-state index contributed by atoms with van der Waals surface area (Å²) in [6.45, 7) is 4.15. The molecule has 6 N–H and O–H groups in total. The fourth-order valence-electron chi connectivity index (χ4n) is 2.60. The zero-order valence-corrected chi connectivity index (χ0v) is 15.3. The number of aromatic nitrogens is 3. The third-order valence-corrected chi connectivity index (χ3v) is 5.20. The van der Waals surface area contributed by atoms with Crippen LogP contribution in [-0.2, 0) is 5.41 Å². The van der Waals surface area contributed by atoms with Crippen molar-refractivity contribution in [1.82, 2.24) is 15.0 Å². The van der Waals surface area contributed by atoms with Crippen LogP contribution in [0, 0.1) is 11.8 Å². The van der Waals surface area contributed by atoms with Crippen LogP contribution < -0.4 is 17.0 Å². The minimum Gasteiger partial charge on any atom is -0.369 e. The maximum absolute atomic E-state index is 12.0. The second kappa shape index (κ2) is 6.69. The van der Waals surface area contributed by atoms with Crippen LogP contribution in [0.25, 0.3) is 11.0 Å². The first-order valence-electron chi connectivity index (χ1n) is 8.04. The number of nitrogens with two attached hydrogens (primary N) is 2. The Bertz CT molecular complexity index is 1090. The van der Waals surface area contributed by atoms with E-state index in [4.69, 9.17) is 11.5 Å². The highest BCUT2D eigenvalue weighted by Gasteiger charge is 2.23. The molecular formula is C18H19N5O2S. The van der Waals surface area contributed by atoms with Gasteiger partial charge < -0.3 is 16.5 Å². The van der Waals surface area contributed by atoms with Gasteiger partial charge in [0.05, 0.1) is 15.1 Å². The molecule has 0 aliphatic rings. The Morgan fingerprint density at radius 2 is 2.12 bits per heavy atom. The average molecular weight is 369 g/mol. The number of carbonyl (C=O) groups is 1. The molecule has 3 aromatic rings. The zero-order valence-electron chi connectivity index (χ0n) is 14.5. The Kier molecular flexibility index (Phi) is 4.57. The quantitative estimate of drug-likeness (QED) is 0.525. The first-order valence-corrected chi connectivity index (χ1v) is 8.85. The Morgan fingerprint density at radius 3 is 2.81 bits per heavy atom. The summed E-state index contributed by atoms with van der Waals surface area (Å²) in [7, 11) is 0. The Hall–Kier alpha value is -3.05. The van der Waals surface area contributed by atoms with Crippen LogP contribution in [0.2, 0.25) is 0 Å². The van der Waals surface area contributed by atoms with Crippen LogP contribution in [0.3, 0.4) is 0 Å². The highest BCUT2D eigenvalue weighted by atomic mass is 32.1. The molecule has 0 saturated carbocycles. The van der Waals surface area contributed by atoms with Crippen molar-refractivity contribution in [2.24, 2.45) is 5.73 Å². The number of H-pyrrole nitrogens is 2. The van der Waals surface area contributed by atoms with Crippen LogP contribution in [0.4, 0.5) is 5.95 Å². The Labute approximate surface area is 153 Å². The van der Waals surface area contributed by atoms with Crippen LogP contribution in [0.1, 0.15) is 46.9 Å². The molecule has 3 aromatic heterocycles. The highest BCUT2D eigenvalue weighted by Crippen LogP contribution is 2.29. The highest BCUT2D eigenvalue weighted by molar-refractivity contribution is 7.14. The third kappa shape index (κ3) is 3.63. The minimum absolute atomic E-state index is 0.0888. The number of nitrogens with zero attached hydrogens (tertiary/aromatic N) is 1. The monoisotopic (exact) mass is 369 g/mol. The molecule has 0 radical (unpaired) electrons. The smallest absolute Gasteiger partial charge is 0.261 e. The van der Waals surface area contributed by atoms with Crippen molar-refractivity contribution < 1.29 is 4.79 Å². The number of thiophene rings is 1. The van der Waals surface area contributed by atoms with Crippen molar-refractivity contribution in [2.75, 3.05) is 5.73 Å². The van der Waals surface area contributed by atoms with Crippen molar-refractivity contribution >= 4 is 34.2 Å². The zero-order chi connectivity index (χ0) is 18.9. The topological polar surface area (TPSA) is 131 Å². The second-order valence-corrected chi connectivity index (χ2v) is 7.69. The number of carbonyl (C=O) groups excluding carboxylic acids is 1. The lowest BCUT2D eigenvalue weighted by Crippen LogP contribution is -2.17. The molecule has 0 aliphatic carbocycles. The molecule has 134 valence electrons. The number of nitrogen functional groups attached to an aromatic ring is 1. The molecule has 0 atom stereocenters. The summed E-state index contributed by atoms with van der Waals surface area (Å²) < 4.78 is 0. The predicted octanol–water partition coefficient (Wildman–Crippen LogP) is 2.10. The van der Waals surface area contributed by atoms with E-state index in [9.17, 15) is 9.59 Å². The van der Waals surface area contributed by atoms with Gasteiger partial charge in [0.1, 0.15) is 5.65 Å². The van der Waals surface area contributed by atoms with Gasteiger partial charge in [0.2, 0.25) is 5.95 Å². The van der Waals surface area contributed by atoms with Crippen LogP contribution in [-0.4, -0.2) is 20.9 Å². The first-order chi connectivity index (χ1) is 12.3. The molecule has 26 heavy (non-hydrogen) atoms. The molecule has 0 saturated heterocycles. The van der Waals surface area contributed by atoms with Gasteiger partial charge in [-0.1, -0.05) is 25.7 Å². The number of hydrogen-bond donors (Lipinski definition) is 4. The lowest BCUT2D eigenvalue weighted by molar-refractivity contribution is 0.100. The van der Waals surface area contributed by atoms with Crippen molar-refractivity contribution in [2.45, 2.75) is 32.1 Å². The van der Waals surface area contributed by atoms with Crippen molar-refractivity contribution in [3.05, 3.63) is 44.0 Å². The summed E-state index contributed by atoms with van der Waals surface area (Å²) in [5.41, 5.74) is 11.7. The molecule has 0 bridgehead atoms. The van der Waals surface area contributed by atoms with E-state index in [0.717, 1.165) is 17.0 Å². The summed E-state index contributed by atoms with van der Waals surface area (Å²) in [6, 6.07) is 5.29.